The summed E-state index contributed by atoms with van der Waals surface area (Å²) in [6.45, 7) is 1.91. The minimum atomic E-state index is -0.226. The number of aromatic nitrogens is 1. The molecule has 1 aromatic heterocycles. The zero-order valence-electron chi connectivity index (χ0n) is 10.2. The molecule has 1 aromatic carbocycles. The first-order valence-corrected chi connectivity index (χ1v) is 5.49. The highest BCUT2D eigenvalue weighted by Crippen LogP contribution is 2.25. The number of anilines is 1. The fraction of sp³-hybridized carbons (Fsp3) is 0.0714. The van der Waals surface area contributed by atoms with Crippen molar-refractivity contribution in [3.63, 3.8) is 0 Å². The normalized spacial score (nSPS) is 9.16. The van der Waals surface area contributed by atoms with Crippen LogP contribution in [0.1, 0.15) is 5.56 Å². The van der Waals surface area contributed by atoms with Crippen LogP contribution in [0.3, 0.4) is 0 Å². The molecule has 0 unspecified atom stereocenters. The lowest BCUT2D eigenvalue weighted by Gasteiger charge is -2.09. The number of H-pyrrole nitrogens is 1. The predicted molar refractivity (Wildman–Crippen MR) is 70.5 cm³/mol. The summed E-state index contributed by atoms with van der Waals surface area (Å²) in [5.74, 6) is 0. The largest absolute Gasteiger partial charge is 0.361 e. The molecule has 0 fully saturated rings. The topological polar surface area (TPSA) is 99.2 Å². The lowest BCUT2D eigenvalue weighted by molar-refractivity contribution is 1.36. The number of nitriles is 3. The number of allylic oxidation sites excluding steroid dienone is 2. The summed E-state index contributed by atoms with van der Waals surface area (Å²) >= 11 is 0. The number of aryl methyl sites for hydroxylation is 1. The van der Waals surface area contributed by atoms with E-state index in [0.29, 0.717) is 5.69 Å². The molecule has 2 aromatic rings. The molecular weight excluding hydrogens is 238 g/mol. The van der Waals surface area contributed by atoms with Crippen LogP contribution in [0, 0.1) is 40.9 Å². The van der Waals surface area contributed by atoms with Crippen LogP contribution in [0.4, 0.5) is 5.69 Å². The van der Waals surface area contributed by atoms with E-state index >= 15 is 0 Å². The molecule has 0 atom stereocenters. The van der Waals surface area contributed by atoms with Crippen molar-refractivity contribution in [3.8, 4) is 18.2 Å². The molecule has 19 heavy (non-hydrogen) atoms. The summed E-state index contributed by atoms with van der Waals surface area (Å²) in [6, 6.07) is 10.8. The smallest absolute Gasteiger partial charge is 0.163 e. The standard InChI is InChI=1S/C14H9N5/c1-9-11-4-5-18-13(11)3-2-12(9)19-14(8-17)10(6-15)7-16/h2-5,18-19H,1H3. The highest BCUT2D eigenvalue weighted by Gasteiger charge is 2.09. The maximum atomic E-state index is 9.01. The molecule has 0 aliphatic heterocycles. The molecule has 5 nitrogen and oxygen atoms in total. The van der Waals surface area contributed by atoms with E-state index in [4.69, 9.17) is 15.8 Å². The van der Waals surface area contributed by atoms with E-state index in [1.807, 2.05) is 31.3 Å². The molecule has 0 aliphatic carbocycles. The van der Waals surface area contributed by atoms with E-state index in [1.165, 1.54) is 0 Å². The Morgan fingerprint density at radius 2 is 1.84 bits per heavy atom. The third-order valence-electron chi connectivity index (χ3n) is 2.85. The molecule has 0 spiro atoms. The van der Waals surface area contributed by atoms with Crippen LogP contribution in [-0.2, 0) is 0 Å². The molecule has 90 valence electrons. The maximum absolute atomic E-state index is 9.01. The van der Waals surface area contributed by atoms with E-state index in [1.54, 1.807) is 18.2 Å². The van der Waals surface area contributed by atoms with E-state index in [0.717, 1.165) is 16.5 Å². The minimum absolute atomic E-state index is 0.0389. The second-order valence-corrected chi connectivity index (χ2v) is 3.89. The van der Waals surface area contributed by atoms with Crippen molar-refractivity contribution in [1.29, 1.82) is 15.8 Å². The number of nitrogens with zero attached hydrogens (tertiary/aromatic N) is 3. The number of hydrogen-bond acceptors (Lipinski definition) is 4. The Hall–Kier alpha value is -3.23. The number of nitrogens with one attached hydrogen (secondary N) is 2. The quantitative estimate of drug-likeness (QED) is 0.797. The van der Waals surface area contributed by atoms with E-state index in [-0.39, 0.29) is 11.3 Å². The average Bonchev–Trinajstić information content (AvgIpc) is 2.90. The molecule has 0 saturated carbocycles. The zero-order valence-corrected chi connectivity index (χ0v) is 10.2. The van der Waals surface area contributed by atoms with Gasteiger partial charge in [-0.1, -0.05) is 0 Å². The Balaban J connectivity index is 2.51. The van der Waals surface area contributed by atoms with Gasteiger partial charge in [-0.05, 0) is 30.7 Å². The molecule has 0 radical (unpaired) electrons. The Bertz CT molecular complexity index is 774. The summed E-state index contributed by atoms with van der Waals surface area (Å²) < 4.78 is 0. The molecule has 5 heteroatoms. The van der Waals surface area contributed by atoms with Crippen LogP contribution in [0.2, 0.25) is 0 Å². The van der Waals surface area contributed by atoms with E-state index in [2.05, 4.69) is 10.3 Å². The second-order valence-electron chi connectivity index (χ2n) is 3.89. The number of fused-ring (bicyclic) bond motifs is 1. The SMILES string of the molecule is Cc1c(NC(C#N)=C(C#N)C#N)ccc2[nH]ccc12. The van der Waals surface area contributed by atoms with Gasteiger partial charge in [0, 0.05) is 22.8 Å². The van der Waals surface area contributed by atoms with Crippen molar-refractivity contribution >= 4 is 16.6 Å². The molecule has 0 aliphatic rings. The van der Waals surface area contributed by atoms with Crippen LogP contribution < -0.4 is 5.32 Å². The first-order chi connectivity index (χ1) is 9.21. The monoisotopic (exact) mass is 247 g/mol. The average molecular weight is 247 g/mol. The van der Waals surface area contributed by atoms with Gasteiger partial charge in [0.15, 0.2) is 5.57 Å². The predicted octanol–water partition coefficient (Wildman–Crippen LogP) is 2.71. The van der Waals surface area contributed by atoms with Gasteiger partial charge in [0.2, 0.25) is 0 Å². The van der Waals surface area contributed by atoms with E-state index < -0.39 is 0 Å². The van der Waals surface area contributed by atoms with Crippen molar-refractivity contribution < 1.29 is 0 Å². The number of rotatable bonds is 2. The number of aromatic amines is 1. The number of hydrogen-bond donors (Lipinski definition) is 2. The third kappa shape index (κ3) is 2.11. The molecule has 2 N–H and O–H groups in total. The molecule has 0 amide bonds. The van der Waals surface area contributed by atoms with Gasteiger partial charge < -0.3 is 10.3 Å². The van der Waals surface area contributed by atoms with Crippen LogP contribution in [-0.4, -0.2) is 4.98 Å². The van der Waals surface area contributed by atoms with Crippen molar-refractivity contribution in [2.75, 3.05) is 5.32 Å². The Morgan fingerprint density at radius 1 is 1.11 bits per heavy atom. The fourth-order valence-corrected chi connectivity index (χ4v) is 1.84. The molecule has 1 heterocycles. The van der Waals surface area contributed by atoms with E-state index in [9.17, 15) is 0 Å². The highest BCUT2D eigenvalue weighted by atomic mass is 14.9. The van der Waals surface area contributed by atoms with Gasteiger partial charge in [0.1, 0.15) is 23.9 Å². The first kappa shape index (κ1) is 12.2. The summed E-state index contributed by atoms with van der Waals surface area (Å²) in [7, 11) is 0. The summed E-state index contributed by atoms with van der Waals surface area (Å²) in [4.78, 5) is 3.09. The Kier molecular flexibility index (Phi) is 3.19. The lowest BCUT2D eigenvalue weighted by atomic mass is 10.1. The van der Waals surface area contributed by atoms with Crippen molar-refractivity contribution in [1.82, 2.24) is 4.98 Å². The van der Waals surface area contributed by atoms with Gasteiger partial charge in [-0.15, -0.1) is 0 Å². The van der Waals surface area contributed by atoms with Gasteiger partial charge in [-0.2, -0.15) is 15.8 Å². The van der Waals surface area contributed by atoms with Crippen LogP contribution in [0.25, 0.3) is 10.9 Å². The molecular formula is C14H9N5. The van der Waals surface area contributed by atoms with Crippen LogP contribution in [0.5, 0.6) is 0 Å². The Labute approximate surface area is 110 Å². The lowest BCUT2D eigenvalue weighted by Crippen LogP contribution is -2.02. The maximum Gasteiger partial charge on any atom is 0.163 e. The van der Waals surface area contributed by atoms with Gasteiger partial charge in [-0.25, -0.2) is 0 Å². The molecule has 0 bridgehead atoms. The van der Waals surface area contributed by atoms with Gasteiger partial charge in [0.25, 0.3) is 0 Å². The third-order valence-corrected chi connectivity index (χ3v) is 2.85. The van der Waals surface area contributed by atoms with Crippen LogP contribution >= 0.6 is 0 Å². The first-order valence-electron chi connectivity index (χ1n) is 5.49. The van der Waals surface area contributed by atoms with Crippen molar-refractivity contribution in [2.45, 2.75) is 6.92 Å². The molecule has 0 saturated heterocycles. The second kappa shape index (κ2) is 4.96. The highest BCUT2D eigenvalue weighted by molar-refractivity contribution is 5.88. The van der Waals surface area contributed by atoms with Crippen molar-refractivity contribution in [3.05, 3.63) is 41.2 Å². The fourth-order valence-electron chi connectivity index (χ4n) is 1.84. The summed E-state index contributed by atoms with van der Waals surface area (Å²) in [6.07, 6.45) is 1.83. The minimum Gasteiger partial charge on any atom is -0.361 e. The zero-order chi connectivity index (χ0) is 13.8. The summed E-state index contributed by atoms with van der Waals surface area (Å²) in [5, 5.41) is 30.4. The number of benzene rings is 1. The Morgan fingerprint density at radius 3 is 2.47 bits per heavy atom. The molecule has 2 rings (SSSR count). The van der Waals surface area contributed by atoms with Gasteiger partial charge in [0.05, 0.1) is 0 Å². The summed E-state index contributed by atoms with van der Waals surface area (Å²) in [5.41, 5.74) is 2.37. The van der Waals surface area contributed by atoms with Gasteiger partial charge in [-0.3, -0.25) is 0 Å². The van der Waals surface area contributed by atoms with Gasteiger partial charge >= 0.3 is 0 Å². The van der Waals surface area contributed by atoms with Crippen molar-refractivity contribution in [2.24, 2.45) is 0 Å². The van der Waals surface area contributed by atoms with Crippen LogP contribution in [0.15, 0.2) is 35.7 Å².